The number of hydrogen-bond acceptors (Lipinski definition) is 1. The molecule has 0 heterocycles. The quantitative estimate of drug-likeness (QED) is 0.594. The summed E-state index contributed by atoms with van der Waals surface area (Å²) in [6, 6.07) is 4.11. The monoisotopic (exact) mass is 255 g/mol. The van der Waals surface area contributed by atoms with E-state index >= 15 is 0 Å². The largest absolute Gasteiger partial charge is 0.368 e. The third-order valence-electron chi connectivity index (χ3n) is 1.78. The SMILES string of the molecule is C=NC(=NC(N)=NC)Nc1ccc(F)c(Cl)c1. The molecule has 17 heavy (non-hydrogen) atoms. The maximum Gasteiger partial charge on any atom is 0.229 e. The number of nitrogens with two attached hydrogens (primary N) is 1. The number of hydrogen-bond donors (Lipinski definition) is 2. The Kier molecular flexibility index (Phi) is 4.59. The molecule has 1 rings (SSSR count). The van der Waals surface area contributed by atoms with Crippen molar-refractivity contribution in [3.63, 3.8) is 0 Å². The summed E-state index contributed by atoms with van der Waals surface area (Å²) in [7, 11) is 1.49. The predicted octanol–water partition coefficient (Wildman–Crippen LogP) is 1.89. The van der Waals surface area contributed by atoms with Gasteiger partial charge in [-0.15, -0.1) is 0 Å². The Bertz CT molecular complexity index is 484. The minimum absolute atomic E-state index is 0.00413. The highest BCUT2D eigenvalue weighted by atomic mass is 35.5. The molecule has 0 fully saturated rings. The van der Waals surface area contributed by atoms with Crippen LogP contribution in [0.5, 0.6) is 0 Å². The molecule has 0 amide bonds. The van der Waals surface area contributed by atoms with Crippen LogP contribution in [-0.2, 0) is 0 Å². The molecular weight excluding hydrogens is 245 g/mol. The van der Waals surface area contributed by atoms with Crippen molar-refractivity contribution in [3.05, 3.63) is 29.0 Å². The number of benzene rings is 1. The third-order valence-corrected chi connectivity index (χ3v) is 2.06. The van der Waals surface area contributed by atoms with Gasteiger partial charge in [0.2, 0.25) is 11.9 Å². The maximum absolute atomic E-state index is 12.9. The molecular formula is C10H11ClFN5. The minimum atomic E-state index is -0.503. The molecule has 0 saturated heterocycles. The van der Waals surface area contributed by atoms with Gasteiger partial charge in [-0.3, -0.25) is 4.99 Å². The van der Waals surface area contributed by atoms with Crippen LogP contribution in [0.1, 0.15) is 0 Å². The van der Waals surface area contributed by atoms with Crippen LogP contribution in [0.4, 0.5) is 10.1 Å². The van der Waals surface area contributed by atoms with E-state index in [0.717, 1.165) is 0 Å². The number of nitrogens with one attached hydrogen (secondary N) is 1. The van der Waals surface area contributed by atoms with E-state index in [1.54, 1.807) is 0 Å². The highest BCUT2D eigenvalue weighted by Gasteiger charge is 2.03. The van der Waals surface area contributed by atoms with E-state index in [-0.39, 0.29) is 16.9 Å². The fraction of sp³-hybridized carbons (Fsp3) is 0.100. The van der Waals surface area contributed by atoms with Crippen LogP contribution in [-0.4, -0.2) is 25.7 Å². The summed E-state index contributed by atoms with van der Waals surface area (Å²) in [6.45, 7) is 3.32. The molecule has 0 bridgehead atoms. The second kappa shape index (κ2) is 5.95. The van der Waals surface area contributed by atoms with Crippen LogP contribution in [0.2, 0.25) is 5.02 Å². The van der Waals surface area contributed by atoms with Crippen LogP contribution in [0.3, 0.4) is 0 Å². The van der Waals surface area contributed by atoms with E-state index in [2.05, 4.69) is 27.0 Å². The molecule has 0 atom stereocenters. The van der Waals surface area contributed by atoms with Gasteiger partial charge in [0.25, 0.3) is 0 Å². The van der Waals surface area contributed by atoms with Crippen molar-refractivity contribution in [2.75, 3.05) is 12.4 Å². The second-order valence-corrected chi connectivity index (χ2v) is 3.34. The van der Waals surface area contributed by atoms with Gasteiger partial charge in [0.1, 0.15) is 5.82 Å². The summed E-state index contributed by atoms with van der Waals surface area (Å²) < 4.78 is 12.9. The molecule has 3 N–H and O–H groups in total. The topological polar surface area (TPSA) is 75.1 Å². The van der Waals surface area contributed by atoms with Crippen molar-refractivity contribution >= 4 is 35.9 Å². The van der Waals surface area contributed by atoms with E-state index in [0.29, 0.717) is 5.69 Å². The number of rotatable bonds is 1. The van der Waals surface area contributed by atoms with Gasteiger partial charge in [-0.25, -0.2) is 9.38 Å². The van der Waals surface area contributed by atoms with Crippen molar-refractivity contribution in [3.8, 4) is 0 Å². The Morgan fingerprint density at radius 3 is 2.76 bits per heavy atom. The zero-order valence-corrected chi connectivity index (χ0v) is 9.87. The lowest BCUT2D eigenvalue weighted by molar-refractivity contribution is 0.628. The van der Waals surface area contributed by atoms with Crippen molar-refractivity contribution in [2.24, 2.45) is 20.7 Å². The second-order valence-electron chi connectivity index (χ2n) is 2.93. The maximum atomic E-state index is 12.9. The fourth-order valence-corrected chi connectivity index (χ4v) is 1.14. The van der Waals surface area contributed by atoms with E-state index < -0.39 is 5.82 Å². The Morgan fingerprint density at radius 2 is 2.24 bits per heavy atom. The van der Waals surface area contributed by atoms with Gasteiger partial charge in [-0.05, 0) is 24.9 Å². The van der Waals surface area contributed by atoms with Crippen LogP contribution in [0, 0.1) is 5.82 Å². The van der Waals surface area contributed by atoms with E-state index in [1.807, 2.05) is 0 Å². The lowest BCUT2D eigenvalue weighted by Gasteiger charge is -2.05. The molecule has 0 saturated carbocycles. The summed E-state index contributed by atoms with van der Waals surface area (Å²) in [5.74, 6) is -0.305. The molecule has 7 heteroatoms. The lowest BCUT2D eigenvalue weighted by Crippen LogP contribution is -2.16. The first-order valence-electron chi connectivity index (χ1n) is 4.56. The molecule has 5 nitrogen and oxygen atoms in total. The van der Waals surface area contributed by atoms with Gasteiger partial charge in [-0.2, -0.15) is 4.99 Å². The number of guanidine groups is 2. The molecule has 1 aromatic carbocycles. The average Bonchev–Trinajstić information content (AvgIpc) is 2.32. The number of nitrogens with zero attached hydrogens (tertiary/aromatic N) is 3. The minimum Gasteiger partial charge on any atom is -0.368 e. The molecule has 0 aliphatic carbocycles. The molecule has 0 aliphatic rings. The van der Waals surface area contributed by atoms with Crippen LogP contribution >= 0.6 is 11.6 Å². The van der Waals surface area contributed by atoms with Crippen LogP contribution < -0.4 is 11.1 Å². The van der Waals surface area contributed by atoms with E-state index in [9.17, 15) is 4.39 Å². The molecule has 0 unspecified atom stereocenters. The molecule has 90 valence electrons. The van der Waals surface area contributed by atoms with Gasteiger partial charge >= 0.3 is 0 Å². The first kappa shape index (κ1) is 13.1. The summed E-state index contributed by atoms with van der Waals surface area (Å²) in [6.07, 6.45) is 0. The Balaban J connectivity index is 2.92. The van der Waals surface area contributed by atoms with Crippen molar-refractivity contribution in [1.82, 2.24) is 0 Å². The van der Waals surface area contributed by atoms with Gasteiger partial charge < -0.3 is 11.1 Å². The predicted molar refractivity (Wildman–Crippen MR) is 69.6 cm³/mol. The van der Waals surface area contributed by atoms with Gasteiger partial charge in [0.05, 0.1) is 5.02 Å². The zero-order valence-electron chi connectivity index (χ0n) is 9.11. The normalized spacial score (nSPS) is 12.4. The third kappa shape index (κ3) is 3.84. The summed E-state index contributed by atoms with van der Waals surface area (Å²) in [5, 5.41) is 2.77. The highest BCUT2D eigenvalue weighted by Crippen LogP contribution is 2.19. The molecule has 0 aromatic heterocycles. The standard InChI is InChI=1S/C10H11ClFN5/c1-14-9(13)17-10(15-2)16-6-3-4-8(12)7(11)5-6/h3-5H,2H2,1H3,(H3,13,14,16,17). The number of aliphatic imine (C=N–C) groups is 3. The fourth-order valence-electron chi connectivity index (χ4n) is 0.964. The van der Waals surface area contributed by atoms with E-state index in [4.69, 9.17) is 17.3 Å². The Hall–Kier alpha value is -1.95. The van der Waals surface area contributed by atoms with Gasteiger partial charge in [0, 0.05) is 12.7 Å². The van der Waals surface area contributed by atoms with Crippen LogP contribution in [0.25, 0.3) is 0 Å². The van der Waals surface area contributed by atoms with Crippen molar-refractivity contribution in [2.45, 2.75) is 0 Å². The lowest BCUT2D eigenvalue weighted by atomic mass is 10.3. The molecule has 0 spiro atoms. The number of halogens is 2. The van der Waals surface area contributed by atoms with Crippen molar-refractivity contribution in [1.29, 1.82) is 0 Å². The van der Waals surface area contributed by atoms with Crippen LogP contribution in [0.15, 0.2) is 33.2 Å². The first-order valence-corrected chi connectivity index (χ1v) is 4.94. The smallest absolute Gasteiger partial charge is 0.229 e. The first-order chi connectivity index (χ1) is 8.06. The Morgan fingerprint density at radius 1 is 1.53 bits per heavy atom. The van der Waals surface area contributed by atoms with E-state index in [1.165, 1.54) is 25.2 Å². The molecule has 1 aromatic rings. The average molecular weight is 256 g/mol. The van der Waals surface area contributed by atoms with Gasteiger partial charge in [0.15, 0.2) is 0 Å². The van der Waals surface area contributed by atoms with Crippen molar-refractivity contribution < 1.29 is 4.39 Å². The Labute approximate surface area is 103 Å². The van der Waals surface area contributed by atoms with Gasteiger partial charge in [-0.1, -0.05) is 11.6 Å². The summed E-state index contributed by atoms with van der Waals surface area (Å²) >= 11 is 5.62. The summed E-state index contributed by atoms with van der Waals surface area (Å²) in [4.78, 5) is 11.1. The summed E-state index contributed by atoms with van der Waals surface area (Å²) in [5.41, 5.74) is 5.93. The molecule has 0 radical (unpaired) electrons. The molecule has 0 aliphatic heterocycles. The number of anilines is 1. The zero-order chi connectivity index (χ0) is 12.8. The highest BCUT2D eigenvalue weighted by molar-refractivity contribution is 6.31.